The van der Waals surface area contributed by atoms with Crippen molar-refractivity contribution >= 4 is 28.4 Å². The van der Waals surface area contributed by atoms with Gasteiger partial charge in [0.1, 0.15) is 17.9 Å². The molecular weight excluding hydrogens is 392 g/mol. The van der Waals surface area contributed by atoms with Gasteiger partial charge >= 0.3 is 6.03 Å². The van der Waals surface area contributed by atoms with E-state index in [9.17, 15) is 4.79 Å². The summed E-state index contributed by atoms with van der Waals surface area (Å²) < 4.78 is 5.31. The first-order valence-electron chi connectivity index (χ1n) is 10.1. The number of para-hydroxylation sites is 1. The minimum atomic E-state index is -0.342. The topological polar surface area (TPSA) is 99.3 Å². The quantitative estimate of drug-likeness (QED) is 0.322. The van der Waals surface area contributed by atoms with Gasteiger partial charge in [0.05, 0.1) is 24.4 Å². The van der Waals surface area contributed by atoms with E-state index in [1.807, 2.05) is 54.6 Å². The molecule has 31 heavy (non-hydrogen) atoms. The summed E-state index contributed by atoms with van der Waals surface area (Å²) in [5.74, 6) is 0.631. The van der Waals surface area contributed by atoms with Crippen LogP contribution in [0.25, 0.3) is 11.0 Å². The third-order valence-electron chi connectivity index (χ3n) is 4.72. The largest absolute Gasteiger partial charge is 0.394 e. The van der Waals surface area contributed by atoms with Gasteiger partial charge in [-0.15, -0.1) is 0 Å². The zero-order valence-electron chi connectivity index (χ0n) is 17.0. The van der Waals surface area contributed by atoms with Crippen LogP contribution in [0.5, 0.6) is 0 Å². The molecule has 2 amide bonds. The number of amides is 2. The number of carbonyl (C=O) groups excluding carboxylic acids is 1. The van der Waals surface area contributed by atoms with Crippen LogP contribution >= 0.6 is 0 Å². The van der Waals surface area contributed by atoms with Crippen LogP contribution in [0, 0.1) is 0 Å². The van der Waals surface area contributed by atoms with E-state index in [2.05, 4.69) is 32.7 Å². The van der Waals surface area contributed by atoms with Crippen LogP contribution in [0.4, 0.5) is 16.2 Å². The Labute approximate surface area is 180 Å². The van der Waals surface area contributed by atoms with E-state index in [0.717, 1.165) is 23.2 Å². The number of anilines is 2. The molecule has 0 fully saturated rings. The first kappa shape index (κ1) is 20.6. The van der Waals surface area contributed by atoms with Crippen LogP contribution in [-0.4, -0.2) is 34.3 Å². The van der Waals surface area contributed by atoms with Gasteiger partial charge in [-0.05, 0) is 41.8 Å². The van der Waals surface area contributed by atoms with Crippen LogP contribution in [-0.2, 0) is 17.8 Å². The molecule has 4 aromatic rings. The first-order chi connectivity index (χ1) is 15.2. The maximum Gasteiger partial charge on any atom is 0.323 e. The van der Waals surface area contributed by atoms with Crippen molar-refractivity contribution in [3.63, 3.8) is 0 Å². The zero-order valence-corrected chi connectivity index (χ0v) is 17.0. The lowest BCUT2D eigenvalue weighted by molar-refractivity contribution is 0.0782. The molecule has 0 spiro atoms. The number of carbonyl (C=O) groups is 1. The van der Waals surface area contributed by atoms with Gasteiger partial charge in [0, 0.05) is 5.69 Å². The Morgan fingerprint density at radius 1 is 0.968 bits per heavy atom. The van der Waals surface area contributed by atoms with E-state index >= 15 is 0 Å². The van der Waals surface area contributed by atoms with E-state index in [4.69, 9.17) is 9.84 Å². The Bertz CT molecular complexity index is 1160. The molecule has 3 aromatic carbocycles. The van der Waals surface area contributed by atoms with Crippen LogP contribution in [0.1, 0.15) is 17.0 Å². The van der Waals surface area contributed by atoms with Gasteiger partial charge in [-0.1, -0.05) is 48.5 Å². The van der Waals surface area contributed by atoms with Crippen LogP contribution in [0.15, 0.2) is 72.8 Å². The third-order valence-corrected chi connectivity index (χ3v) is 4.72. The number of nitrogens with zero attached hydrogens (tertiary/aromatic N) is 1. The fourth-order valence-corrected chi connectivity index (χ4v) is 3.36. The number of nitrogens with one attached hydrogen (secondary N) is 3. The maximum absolute atomic E-state index is 12.6. The Hall–Kier alpha value is -3.68. The lowest BCUT2D eigenvalue weighted by atomic mass is 10.0. The van der Waals surface area contributed by atoms with E-state index in [1.165, 1.54) is 5.56 Å². The van der Waals surface area contributed by atoms with Gasteiger partial charge in [-0.3, -0.25) is 0 Å². The molecule has 0 aliphatic heterocycles. The number of aromatic nitrogens is 2. The molecule has 0 aliphatic carbocycles. The minimum Gasteiger partial charge on any atom is -0.394 e. The van der Waals surface area contributed by atoms with Crippen LogP contribution < -0.4 is 10.6 Å². The van der Waals surface area contributed by atoms with Crippen molar-refractivity contribution in [1.82, 2.24) is 9.97 Å². The summed E-state index contributed by atoms with van der Waals surface area (Å²) in [4.78, 5) is 20.3. The van der Waals surface area contributed by atoms with Crippen molar-refractivity contribution in [3.8, 4) is 0 Å². The number of benzene rings is 3. The number of ether oxygens (including phenoxy) is 1. The van der Waals surface area contributed by atoms with E-state index in [0.29, 0.717) is 17.0 Å². The van der Waals surface area contributed by atoms with Crippen molar-refractivity contribution in [2.45, 2.75) is 13.0 Å². The molecule has 0 radical (unpaired) electrons. The summed E-state index contributed by atoms with van der Waals surface area (Å²) in [6.07, 6.45) is 0.797. The Morgan fingerprint density at radius 3 is 2.61 bits per heavy atom. The van der Waals surface area contributed by atoms with E-state index in [1.54, 1.807) is 6.07 Å². The number of aliphatic hydroxyl groups is 1. The molecule has 0 saturated carbocycles. The molecular formula is C24H24N4O3. The summed E-state index contributed by atoms with van der Waals surface area (Å²) in [5.41, 5.74) is 5.10. The first-order valence-corrected chi connectivity index (χ1v) is 10.1. The van der Waals surface area contributed by atoms with Gasteiger partial charge in [-0.25, -0.2) is 9.78 Å². The van der Waals surface area contributed by atoms with Crippen molar-refractivity contribution in [1.29, 1.82) is 0 Å². The monoisotopic (exact) mass is 416 g/mol. The minimum absolute atomic E-state index is 0.0419. The number of hydrogen-bond donors (Lipinski definition) is 4. The maximum atomic E-state index is 12.6. The van der Waals surface area contributed by atoms with Gasteiger partial charge < -0.3 is 25.5 Å². The Balaban J connectivity index is 1.43. The molecule has 0 bridgehead atoms. The highest BCUT2D eigenvalue weighted by Crippen LogP contribution is 2.22. The number of aliphatic hydroxyl groups excluding tert-OH is 1. The molecule has 0 saturated heterocycles. The second-order valence-corrected chi connectivity index (χ2v) is 7.10. The molecule has 158 valence electrons. The molecule has 1 aromatic heterocycles. The second-order valence-electron chi connectivity index (χ2n) is 7.10. The Morgan fingerprint density at radius 2 is 1.77 bits per heavy atom. The highest BCUT2D eigenvalue weighted by atomic mass is 16.5. The molecule has 0 unspecified atom stereocenters. The van der Waals surface area contributed by atoms with Gasteiger partial charge in [0.15, 0.2) is 0 Å². The number of aromatic amines is 1. The number of H-pyrrole nitrogens is 1. The van der Waals surface area contributed by atoms with E-state index in [-0.39, 0.29) is 25.9 Å². The normalized spacial score (nSPS) is 10.9. The van der Waals surface area contributed by atoms with Gasteiger partial charge in [0.2, 0.25) is 0 Å². The fraction of sp³-hybridized carbons (Fsp3) is 0.167. The van der Waals surface area contributed by atoms with E-state index < -0.39 is 0 Å². The predicted molar refractivity (Wildman–Crippen MR) is 121 cm³/mol. The lowest BCUT2D eigenvalue weighted by Crippen LogP contribution is -2.19. The number of rotatable bonds is 8. The van der Waals surface area contributed by atoms with Crippen molar-refractivity contribution in [2.75, 3.05) is 23.8 Å². The molecule has 0 atom stereocenters. The van der Waals surface area contributed by atoms with Crippen molar-refractivity contribution in [2.24, 2.45) is 0 Å². The van der Waals surface area contributed by atoms with Crippen molar-refractivity contribution < 1.29 is 14.6 Å². The lowest BCUT2D eigenvalue weighted by Gasteiger charge is -2.10. The molecule has 4 N–H and O–H groups in total. The summed E-state index contributed by atoms with van der Waals surface area (Å²) >= 11 is 0. The number of imidazole rings is 1. The highest BCUT2D eigenvalue weighted by Gasteiger charge is 2.11. The molecule has 7 nitrogen and oxygen atoms in total. The summed E-state index contributed by atoms with van der Waals surface area (Å²) in [6.45, 7) is 0.461. The zero-order chi connectivity index (χ0) is 21.5. The predicted octanol–water partition coefficient (Wildman–Crippen LogP) is 4.31. The molecule has 1 heterocycles. The van der Waals surface area contributed by atoms with Crippen molar-refractivity contribution in [3.05, 3.63) is 89.7 Å². The van der Waals surface area contributed by atoms with Gasteiger partial charge in [0.25, 0.3) is 0 Å². The summed E-state index contributed by atoms with van der Waals surface area (Å²) in [5, 5.41) is 14.6. The standard InChI is InChI=1S/C24H24N4O3/c29-12-13-31-16-22-26-20-10-5-11-21(23(20)28-22)27-24(30)25-19-9-4-8-18(15-19)14-17-6-2-1-3-7-17/h1-11,15,29H,12-14,16H2,(H,26,28)(H2,25,27,30). The number of hydrogen-bond acceptors (Lipinski definition) is 4. The summed E-state index contributed by atoms with van der Waals surface area (Å²) in [6, 6.07) is 23.2. The average Bonchev–Trinajstić information content (AvgIpc) is 3.19. The number of urea groups is 1. The SMILES string of the molecule is O=C(Nc1cccc(Cc2ccccc2)c1)Nc1cccc2[nH]c(COCCO)nc12. The Kier molecular flexibility index (Phi) is 6.56. The molecule has 0 aliphatic rings. The smallest absolute Gasteiger partial charge is 0.323 e. The highest BCUT2D eigenvalue weighted by molar-refractivity contribution is 6.04. The van der Waals surface area contributed by atoms with Gasteiger partial charge in [-0.2, -0.15) is 0 Å². The van der Waals surface area contributed by atoms with Crippen LogP contribution in [0.3, 0.4) is 0 Å². The molecule has 4 rings (SSSR count). The third kappa shape index (κ3) is 5.48. The fourth-order valence-electron chi connectivity index (χ4n) is 3.36. The average molecular weight is 416 g/mol. The molecule has 7 heteroatoms. The number of fused-ring (bicyclic) bond motifs is 1. The van der Waals surface area contributed by atoms with Crippen LogP contribution in [0.2, 0.25) is 0 Å². The second kappa shape index (κ2) is 9.88. The summed E-state index contributed by atoms with van der Waals surface area (Å²) in [7, 11) is 0.